The molecule has 17 heavy (non-hydrogen) atoms. The van der Waals surface area contributed by atoms with Crippen molar-refractivity contribution in [2.75, 3.05) is 13.7 Å². The molecule has 0 saturated heterocycles. The van der Waals surface area contributed by atoms with Crippen molar-refractivity contribution < 1.29 is 4.74 Å². The van der Waals surface area contributed by atoms with E-state index in [4.69, 9.17) is 4.74 Å². The molecule has 0 aromatic heterocycles. The summed E-state index contributed by atoms with van der Waals surface area (Å²) in [4.78, 5) is 0. The van der Waals surface area contributed by atoms with Crippen LogP contribution in [0.4, 0.5) is 0 Å². The average Bonchev–Trinajstić information content (AvgIpc) is 2.36. The second-order valence-electron chi connectivity index (χ2n) is 4.57. The van der Waals surface area contributed by atoms with Crippen LogP contribution in [0.1, 0.15) is 32.8 Å². The van der Waals surface area contributed by atoms with Crippen LogP contribution in [0.2, 0.25) is 0 Å². The van der Waals surface area contributed by atoms with E-state index in [-0.39, 0.29) is 0 Å². The van der Waals surface area contributed by atoms with Crippen LogP contribution in [0.25, 0.3) is 0 Å². The van der Waals surface area contributed by atoms with Crippen molar-refractivity contribution in [2.45, 2.75) is 39.7 Å². The Morgan fingerprint density at radius 3 is 2.53 bits per heavy atom. The molecule has 1 aromatic rings. The molecule has 0 heterocycles. The molecule has 0 fully saturated rings. The van der Waals surface area contributed by atoms with Crippen LogP contribution in [-0.2, 0) is 6.42 Å². The minimum Gasteiger partial charge on any atom is -0.496 e. The minimum absolute atomic E-state index is 0.588. The Morgan fingerprint density at radius 2 is 1.94 bits per heavy atom. The van der Waals surface area contributed by atoms with E-state index in [1.54, 1.807) is 7.11 Å². The molecule has 2 unspecified atom stereocenters. The van der Waals surface area contributed by atoms with Gasteiger partial charge in [0.25, 0.3) is 0 Å². The largest absolute Gasteiger partial charge is 0.496 e. The maximum absolute atomic E-state index is 5.40. The fourth-order valence-electron chi connectivity index (χ4n) is 2.37. The molecule has 1 rings (SSSR count). The molecule has 1 N–H and O–H groups in total. The van der Waals surface area contributed by atoms with Gasteiger partial charge in [0.2, 0.25) is 0 Å². The van der Waals surface area contributed by atoms with Gasteiger partial charge in [-0.05, 0) is 36.9 Å². The van der Waals surface area contributed by atoms with Gasteiger partial charge in [0.1, 0.15) is 5.75 Å². The number of hydrogen-bond acceptors (Lipinski definition) is 2. The third-order valence-electron chi connectivity index (χ3n) is 3.33. The van der Waals surface area contributed by atoms with Crippen molar-refractivity contribution in [2.24, 2.45) is 5.92 Å². The highest BCUT2D eigenvalue weighted by Gasteiger charge is 2.16. The van der Waals surface area contributed by atoms with Gasteiger partial charge in [-0.2, -0.15) is 0 Å². The van der Waals surface area contributed by atoms with E-state index < -0.39 is 0 Å². The molecule has 2 atom stereocenters. The van der Waals surface area contributed by atoms with E-state index in [9.17, 15) is 0 Å². The SMILES string of the molecule is CCNC(CC)C(C)Cc1ccccc1OC. The molecular weight excluding hydrogens is 210 g/mol. The summed E-state index contributed by atoms with van der Waals surface area (Å²) in [5, 5.41) is 3.55. The lowest BCUT2D eigenvalue weighted by Crippen LogP contribution is -2.35. The Balaban J connectivity index is 2.68. The predicted octanol–water partition coefficient (Wildman–Crippen LogP) is 3.26. The highest BCUT2D eigenvalue weighted by molar-refractivity contribution is 5.33. The third kappa shape index (κ3) is 4.04. The zero-order chi connectivity index (χ0) is 12.7. The lowest BCUT2D eigenvalue weighted by Gasteiger charge is -2.24. The van der Waals surface area contributed by atoms with Gasteiger partial charge >= 0.3 is 0 Å². The molecule has 96 valence electrons. The summed E-state index contributed by atoms with van der Waals surface area (Å²) in [6, 6.07) is 8.89. The summed E-state index contributed by atoms with van der Waals surface area (Å²) in [5.74, 6) is 1.63. The minimum atomic E-state index is 0.588. The number of rotatable bonds is 7. The molecule has 0 bridgehead atoms. The van der Waals surface area contributed by atoms with Crippen LogP contribution in [0.3, 0.4) is 0 Å². The van der Waals surface area contributed by atoms with Crippen LogP contribution in [0, 0.1) is 5.92 Å². The highest BCUT2D eigenvalue weighted by Crippen LogP contribution is 2.22. The molecular formula is C15H25NO. The Labute approximate surface area is 105 Å². The first-order valence-electron chi connectivity index (χ1n) is 6.58. The molecule has 2 heteroatoms. The van der Waals surface area contributed by atoms with Crippen LogP contribution in [-0.4, -0.2) is 19.7 Å². The zero-order valence-corrected chi connectivity index (χ0v) is 11.5. The van der Waals surface area contributed by atoms with Gasteiger partial charge < -0.3 is 10.1 Å². The van der Waals surface area contributed by atoms with Gasteiger partial charge in [0, 0.05) is 6.04 Å². The van der Waals surface area contributed by atoms with Crippen molar-refractivity contribution in [3.63, 3.8) is 0 Å². The van der Waals surface area contributed by atoms with Gasteiger partial charge in [-0.15, -0.1) is 0 Å². The van der Waals surface area contributed by atoms with E-state index in [0.29, 0.717) is 12.0 Å². The molecule has 0 aliphatic carbocycles. The van der Waals surface area contributed by atoms with Gasteiger partial charge in [0.05, 0.1) is 7.11 Å². The van der Waals surface area contributed by atoms with E-state index in [2.05, 4.69) is 38.2 Å². The standard InChI is InChI=1S/C15H25NO/c1-5-14(16-6-2)12(3)11-13-9-7-8-10-15(13)17-4/h7-10,12,14,16H,5-6,11H2,1-4H3. The molecule has 2 nitrogen and oxygen atoms in total. The first kappa shape index (κ1) is 14.0. The highest BCUT2D eigenvalue weighted by atomic mass is 16.5. The smallest absolute Gasteiger partial charge is 0.122 e. The molecule has 0 aliphatic heterocycles. The maximum Gasteiger partial charge on any atom is 0.122 e. The van der Waals surface area contributed by atoms with Crippen molar-refractivity contribution in [1.82, 2.24) is 5.32 Å². The fraction of sp³-hybridized carbons (Fsp3) is 0.600. The summed E-state index contributed by atoms with van der Waals surface area (Å²) >= 11 is 0. The predicted molar refractivity (Wildman–Crippen MR) is 73.6 cm³/mol. The molecule has 0 spiro atoms. The fourth-order valence-corrected chi connectivity index (χ4v) is 2.37. The van der Waals surface area contributed by atoms with Gasteiger partial charge in [0.15, 0.2) is 0 Å². The van der Waals surface area contributed by atoms with Gasteiger partial charge in [-0.3, -0.25) is 0 Å². The third-order valence-corrected chi connectivity index (χ3v) is 3.33. The van der Waals surface area contributed by atoms with Gasteiger partial charge in [-0.25, -0.2) is 0 Å². The molecule has 0 aliphatic rings. The van der Waals surface area contributed by atoms with Crippen LogP contribution in [0.15, 0.2) is 24.3 Å². The van der Waals surface area contributed by atoms with Crippen molar-refractivity contribution >= 4 is 0 Å². The quantitative estimate of drug-likeness (QED) is 0.783. The van der Waals surface area contributed by atoms with Gasteiger partial charge in [-0.1, -0.05) is 39.0 Å². The zero-order valence-electron chi connectivity index (χ0n) is 11.5. The van der Waals surface area contributed by atoms with Crippen LogP contribution in [0.5, 0.6) is 5.75 Å². The van der Waals surface area contributed by atoms with E-state index in [1.165, 1.54) is 12.0 Å². The number of hydrogen-bond donors (Lipinski definition) is 1. The Bertz CT molecular complexity index is 324. The van der Waals surface area contributed by atoms with E-state index in [0.717, 1.165) is 18.7 Å². The summed E-state index contributed by atoms with van der Waals surface area (Å²) in [5.41, 5.74) is 1.30. The first-order chi connectivity index (χ1) is 8.22. The number of methoxy groups -OCH3 is 1. The van der Waals surface area contributed by atoms with Crippen molar-refractivity contribution in [3.8, 4) is 5.75 Å². The summed E-state index contributed by atoms with van der Waals surface area (Å²) < 4.78 is 5.40. The Morgan fingerprint density at radius 1 is 1.24 bits per heavy atom. The number of benzene rings is 1. The molecule has 0 amide bonds. The molecule has 0 radical (unpaired) electrons. The first-order valence-corrected chi connectivity index (χ1v) is 6.58. The van der Waals surface area contributed by atoms with E-state index in [1.807, 2.05) is 12.1 Å². The van der Waals surface area contributed by atoms with Crippen molar-refractivity contribution in [1.29, 1.82) is 0 Å². The molecule has 0 saturated carbocycles. The monoisotopic (exact) mass is 235 g/mol. The lowest BCUT2D eigenvalue weighted by atomic mass is 9.92. The molecule has 1 aromatic carbocycles. The van der Waals surface area contributed by atoms with Crippen molar-refractivity contribution in [3.05, 3.63) is 29.8 Å². The maximum atomic E-state index is 5.40. The summed E-state index contributed by atoms with van der Waals surface area (Å²) in [6.07, 6.45) is 2.24. The number of ether oxygens (including phenoxy) is 1. The van der Waals surface area contributed by atoms with Crippen LogP contribution < -0.4 is 10.1 Å². The number of nitrogens with one attached hydrogen (secondary N) is 1. The van der Waals surface area contributed by atoms with E-state index >= 15 is 0 Å². The average molecular weight is 235 g/mol. The lowest BCUT2D eigenvalue weighted by molar-refractivity contribution is 0.360. The van der Waals surface area contributed by atoms with Crippen LogP contribution >= 0.6 is 0 Å². The second kappa shape index (κ2) is 7.33. The Hall–Kier alpha value is -1.02. The second-order valence-corrected chi connectivity index (χ2v) is 4.57. The topological polar surface area (TPSA) is 21.3 Å². The Kier molecular flexibility index (Phi) is 6.06. The summed E-state index contributed by atoms with van der Waals surface area (Å²) in [6.45, 7) is 7.75. The number of para-hydroxylation sites is 1. The summed E-state index contributed by atoms with van der Waals surface area (Å²) in [7, 11) is 1.74. The normalized spacial score (nSPS) is 14.4.